The Labute approximate surface area is 122 Å². The molecule has 0 saturated carbocycles. The predicted octanol–water partition coefficient (Wildman–Crippen LogP) is 1.72. The predicted molar refractivity (Wildman–Crippen MR) is 80.4 cm³/mol. The molecule has 2 rings (SSSR count). The van der Waals surface area contributed by atoms with Gasteiger partial charge in [-0.3, -0.25) is 4.90 Å². The molecular weight excluding hydrogens is 343 g/mol. The number of rotatable bonds is 4. The number of nitrogens with two attached hydrogens (primary N) is 1. The Morgan fingerprint density at radius 2 is 1.83 bits per heavy atom. The van der Waals surface area contributed by atoms with E-state index >= 15 is 0 Å². The van der Waals surface area contributed by atoms with E-state index in [1.165, 1.54) is 9.13 Å². The molecule has 0 aromatic heterocycles. The molecule has 1 saturated heterocycles. The maximum Gasteiger partial charge on any atom is 0.0971 e. The third-order valence-corrected chi connectivity index (χ3v) is 3.91. The summed E-state index contributed by atoms with van der Waals surface area (Å²) < 4.78 is 12.0. The van der Waals surface area contributed by atoms with E-state index in [1.807, 2.05) is 12.1 Å². The summed E-state index contributed by atoms with van der Waals surface area (Å²) in [6.07, 6.45) is 0.324. The quantitative estimate of drug-likeness (QED) is 0.655. The van der Waals surface area contributed by atoms with Crippen molar-refractivity contribution in [3.05, 3.63) is 27.3 Å². The Morgan fingerprint density at radius 1 is 1.22 bits per heavy atom. The van der Waals surface area contributed by atoms with Crippen LogP contribution in [0.1, 0.15) is 5.56 Å². The molecule has 1 heterocycles. The van der Waals surface area contributed by atoms with E-state index in [-0.39, 0.29) is 12.2 Å². The van der Waals surface area contributed by atoms with Gasteiger partial charge in [-0.2, -0.15) is 0 Å². The molecule has 1 aliphatic rings. The first-order valence-corrected chi connectivity index (χ1v) is 7.03. The van der Waals surface area contributed by atoms with Crippen molar-refractivity contribution < 1.29 is 9.47 Å². The van der Waals surface area contributed by atoms with Gasteiger partial charge < -0.3 is 15.2 Å². The Morgan fingerprint density at radius 3 is 2.33 bits per heavy atom. The van der Waals surface area contributed by atoms with Crippen LogP contribution in [0, 0.1) is 3.57 Å². The third kappa shape index (κ3) is 3.34. The molecule has 2 unspecified atom stereocenters. The number of ether oxygens (including phenoxy) is 2. The van der Waals surface area contributed by atoms with Crippen molar-refractivity contribution >= 4 is 28.3 Å². The van der Waals surface area contributed by atoms with Gasteiger partial charge in [0, 0.05) is 43.1 Å². The van der Waals surface area contributed by atoms with Gasteiger partial charge in [0.25, 0.3) is 0 Å². The normalized spacial score (nSPS) is 24.6. The number of halogens is 1. The fraction of sp³-hybridized carbons (Fsp3) is 0.538. The van der Waals surface area contributed by atoms with Crippen LogP contribution >= 0.6 is 22.6 Å². The molecule has 0 aliphatic carbocycles. The first-order chi connectivity index (χ1) is 8.62. The summed E-state index contributed by atoms with van der Waals surface area (Å²) in [4.78, 5) is 2.34. The minimum absolute atomic E-state index is 0.162. The molecule has 18 heavy (non-hydrogen) atoms. The second kappa shape index (κ2) is 6.18. The number of methoxy groups -OCH3 is 2. The largest absolute Gasteiger partial charge is 0.399 e. The van der Waals surface area contributed by atoms with Gasteiger partial charge in [0.15, 0.2) is 0 Å². The monoisotopic (exact) mass is 362 g/mol. The SMILES string of the molecule is COC1CN(Cc2cc(N)cc(I)c2)CC1OC. The number of nitrogen functional groups attached to an aromatic ring is 1. The van der Waals surface area contributed by atoms with Crippen LogP contribution in [-0.4, -0.2) is 44.4 Å². The molecule has 1 aliphatic heterocycles. The highest BCUT2D eigenvalue weighted by molar-refractivity contribution is 14.1. The van der Waals surface area contributed by atoms with Gasteiger partial charge in [-0.05, 0) is 46.4 Å². The van der Waals surface area contributed by atoms with E-state index in [2.05, 4.69) is 33.6 Å². The Hall–Kier alpha value is -0.370. The molecule has 100 valence electrons. The minimum atomic E-state index is 0.162. The summed E-state index contributed by atoms with van der Waals surface area (Å²) in [5.41, 5.74) is 7.93. The summed E-state index contributed by atoms with van der Waals surface area (Å²) in [7, 11) is 3.48. The fourth-order valence-electron chi connectivity index (χ4n) is 2.43. The van der Waals surface area contributed by atoms with E-state index in [0.717, 1.165) is 25.3 Å². The second-order valence-electron chi connectivity index (χ2n) is 4.64. The lowest BCUT2D eigenvalue weighted by atomic mass is 10.2. The lowest BCUT2D eigenvalue weighted by Crippen LogP contribution is -2.27. The molecule has 0 spiro atoms. The number of anilines is 1. The summed E-state index contributed by atoms with van der Waals surface area (Å²) in [5, 5.41) is 0. The highest BCUT2D eigenvalue weighted by atomic mass is 127. The molecular formula is C13H19IN2O2. The maximum atomic E-state index is 5.87. The Balaban J connectivity index is 2.02. The van der Waals surface area contributed by atoms with Crippen LogP contribution in [-0.2, 0) is 16.0 Å². The molecule has 5 heteroatoms. The third-order valence-electron chi connectivity index (χ3n) is 3.28. The lowest BCUT2D eigenvalue weighted by molar-refractivity contribution is -0.00461. The molecule has 2 atom stereocenters. The van der Waals surface area contributed by atoms with Gasteiger partial charge >= 0.3 is 0 Å². The van der Waals surface area contributed by atoms with Crippen LogP contribution in [0.5, 0.6) is 0 Å². The van der Waals surface area contributed by atoms with Crippen LogP contribution in [0.25, 0.3) is 0 Å². The van der Waals surface area contributed by atoms with Gasteiger partial charge in [0.05, 0.1) is 12.2 Å². The molecule has 1 fully saturated rings. The van der Waals surface area contributed by atoms with Gasteiger partial charge in [0.2, 0.25) is 0 Å². The van der Waals surface area contributed by atoms with Crippen LogP contribution in [0.3, 0.4) is 0 Å². The molecule has 4 nitrogen and oxygen atoms in total. The lowest BCUT2D eigenvalue weighted by Gasteiger charge is -2.15. The van der Waals surface area contributed by atoms with Crippen molar-refractivity contribution in [2.24, 2.45) is 0 Å². The van der Waals surface area contributed by atoms with Crippen molar-refractivity contribution in [2.45, 2.75) is 18.8 Å². The first-order valence-electron chi connectivity index (χ1n) is 5.95. The zero-order chi connectivity index (χ0) is 13.1. The number of likely N-dealkylation sites (tertiary alicyclic amines) is 1. The van der Waals surface area contributed by atoms with Crippen molar-refractivity contribution in [1.29, 1.82) is 0 Å². The molecule has 0 amide bonds. The van der Waals surface area contributed by atoms with Crippen molar-refractivity contribution in [2.75, 3.05) is 33.0 Å². The maximum absolute atomic E-state index is 5.87. The van der Waals surface area contributed by atoms with Gasteiger partial charge in [-0.25, -0.2) is 0 Å². The number of benzene rings is 1. The van der Waals surface area contributed by atoms with Crippen LogP contribution in [0.15, 0.2) is 18.2 Å². The highest BCUT2D eigenvalue weighted by Crippen LogP contribution is 2.20. The fourth-order valence-corrected chi connectivity index (χ4v) is 3.18. The molecule has 1 aromatic carbocycles. The molecule has 0 bridgehead atoms. The smallest absolute Gasteiger partial charge is 0.0971 e. The zero-order valence-electron chi connectivity index (χ0n) is 10.7. The van der Waals surface area contributed by atoms with Crippen molar-refractivity contribution in [1.82, 2.24) is 4.90 Å². The Kier molecular flexibility index (Phi) is 4.83. The number of hydrogen-bond acceptors (Lipinski definition) is 4. The summed E-state index contributed by atoms with van der Waals surface area (Å²) >= 11 is 2.29. The Bertz CT molecular complexity index is 382. The molecule has 0 radical (unpaired) electrons. The highest BCUT2D eigenvalue weighted by Gasteiger charge is 2.32. The van der Waals surface area contributed by atoms with Gasteiger partial charge in [0.1, 0.15) is 0 Å². The molecule has 2 N–H and O–H groups in total. The average molecular weight is 362 g/mol. The van der Waals surface area contributed by atoms with Crippen molar-refractivity contribution in [3.63, 3.8) is 0 Å². The van der Waals surface area contributed by atoms with Crippen LogP contribution < -0.4 is 5.73 Å². The summed E-state index contributed by atoms with van der Waals surface area (Å²) in [5.74, 6) is 0. The summed E-state index contributed by atoms with van der Waals surface area (Å²) in [6, 6.07) is 6.17. The zero-order valence-corrected chi connectivity index (χ0v) is 12.9. The average Bonchev–Trinajstić information content (AvgIpc) is 2.69. The van der Waals surface area contributed by atoms with Crippen LogP contribution in [0.4, 0.5) is 5.69 Å². The number of hydrogen-bond donors (Lipinski definition) is 1. The number of nitrogens with zero attached hydrogens (tertiary/aromatic N) is 1. The minimum Gasteiger partial charge on any atom is -0.399 e. The van der Waals surface area contributed by atoms with Gasteiger partial charge in [-0.1, -0.05) is 0 Å². The standard InChI is InChI=1S/C13H19IN2O2/c1-17-12-7-16(8-13(12)18-2)6-9-3-10(14)5-11(15)4-9/h3-5,12-13H,6-8,15H2,1-2H3. The van der Waals surface area contributed by atoms with E-state index in [0.29, 0.717) is 0 Å². The second-order valence-corrected chi connectivity index (χ2v) is 5.88. The van der Waals surface area contributed by atoms with E-state index < -0.39 is 0 Å². The van der Waals surface area contributed by atoms with E-state index in [1.54, 1.807) is 14.2 Å². The van der Waals surface area contributed by atoms with Gasteiger partial charge in [-0.15, -0.1) is 0 Å². The van der Waals surface area contributed by atoms with E-state index in [4.69, 9.17) is 15.2 Å². The van der Waals surface area contributed by atoms with Crippen molar-refractivity contribution in [3.8, 4) is 0 Å². The molecule has 1 aromatic rings. The van der Waals surface area contributed by atoms with Crippen LogP contribution in [0.2, 0.25) is 0 Å². The first kappa shape index (κ1) is 14.0. The summed E-state index contributed by atoms with van der Waals surface area (Å²) in [6.45, 7) is 2.70. The van der Waals surface area contributed by atoms with E-state index in [9.17, 15) is 0 Å². The topological polar surface area (TPSA) is 47.7 Å².